The fourth-order valence-corrected chi connectivity index (χ4v) is 4.22. The molecule has 0 bridgehead atoms. The van der Waals surface area contributed by atoms with Gasteiger partial charge in [0.05, 0.1) is 11.0 Å². The molecule has 1 aromatic rings. The van der Waals surface area contributed by atoms with Crippen molar-refractivity contribution in [1.82, 2.24) is 9.62 Å². The number of aliphatic hydroxyl groups is 1. The Kier molecular flexibility index (Phi) is 5.60. The van der Waals surface area contributed by atoms with E-state index in [2.05, 4.69) is 23.5 Å². The van der Waals surface area contributed by atoms with Gasteiger partial charge in [-0.1, -0.05) is 19.1 Å². The summed E-state index contributed by atoms with van der Waals surface area (Å²) in [5.74, 6) is 0.631. The highest BCUT2D eigenvalue weighted by Gasteiger charge is 2.27. The van der Waals surface area contributed by atoms with Crippen LogP contribution in [0.3, 0.4) is 0 Å². The smallest absolute Gasteiger partial charge is 0.240 e. The van der Waals surface area contributed by atoms with Gasteiger partial charge in [0.25, 0.3) is 0 Å². The SMILES string of the molecule is Cc1cccc(S(=O)(=O)NCC(O)CN2CC(C)CC2C)c1. The van der Waals surface area contributed by atoms with E-state index >= 15 is 0 Å². The van der Waals surface area contributed by atoms with Crippen LogP contribution in [-0.2, 0) is 10.0 Å². The Bertz CT molecular complexity index is 603. The highest BCUT2D eigenvalue weighted by atomic mass is 32.2. The van der Waals surface area contributed by atoms with E-state index in [9.17, 15) is 13.5 Å². The molecule has 1 fully saturated rings. The van der Waals surface area contributed by atoms with E-state index in [0.29, 0.717) is 18.5 Å². The number of rotatable bonds is 6. The quantitative estimate of drug-likeness (QED) is 0.828. The Morgan fingerprint density at radius 1 is 1.41 bits per heavy atom. The highest BCUT2D eigenvalue weighted by molar-refractivity contribution is 7.89. The van der Waals surface area contributed by atoms with Gasteiger partial charge in [-0.3, -0.25) is 4.90 Å². The van der Waals surface area contributed by atoms with Gasteiger partial charge >= 0.3 is 0 Å². The van der Waals surface area contributed by atoms with Crippen molar-refractivity contribution in [3.05, 3.63) is 29.8 Å². The monoisotopic (exact) mass is 326 g/mol. The second-order valence-corrected chi connectivity index (χ2v) is 8.23. The summed E-state index contributed by atoms with van der Waals surface area (Å²) in [7, 11) is -3.56. The van der Waals surface area contributed by atoms with Crippen molar-refractivity contribution < 1.29 is 13.5 Å². The minimum atomic E-state index is -3.56. The van der Waals surface area contributed by atoms with Crippen LogP contribution in [0.4, 0.5) is 0 Å². The molecule has 124 valence electrons. The highest BCUT2D eigenvalue weighted by Crippen LogP contribution is 2.22. The number of hydrogen-bond donors (Lipinski definition) is 2. The van der Waals surface area contributed by atoms with Crippen LogP contribution in [0.2, 0.25) is 0 Å². The normalized spacial score (nSPS) is 24.5. The molecule has 0 spiro atoms. The molecule has 0 amide bonds. The van der Waals surface area contributed by atoms with Crippen molar-refractivity contribution in [2.75, 3.05) is 19.6 Å². The third-order valence-corrected chi connectivity index (χ3v) is 5.59. The van der Waals surface area contributed by atoms with E-state index in [1.807, 2.05) is 13.0 Å². The molecule has 1 aliphatic rings. The summed E-state index contributed by atoms with van der Waals surface area (Å²) in [5, 5.41) is 10.1. The van der Waals surface area contributed by atoms with Crippen LogP contribution in [0, 0.1) is 12.8 Å². The first-order valence-corrected chi connectivity index (χ1v) is 9.24. The lowest BCUT2D eigenvalue weighted by Crippen LogP contribution is -2.41. The summed E-state index contributed by atoms with van der Waals surface area (Å²) >= 11 is 0. The molecule has 1 aliphatic heterocycles. The zero-order valence-electron chi connectivity index (χ0n) is 13.5. The molecule has 0 saturated carbocycles. The molecule has 3 atom stereocenters. The van der Waals surface area contributed by atoms with E-state index < -0.39 is 16.1 Å². The number of aliphatic hydroxyl groups excluding tert-OH is 1. The number of benzene rings is 1. The molecule has 2 N–H and O–H groups in total. The Balaban J connectivity index is 1.89. The number of sulfonamides is 1. The van der Waals surface area contributed by atoms with Gasteiger partial charge in [0.15, 0.2) is 0 Å². The van der Waals surface area contributed by atoms with Crippen LogP contribution in [0.5, 0.6) is 0 Å². The van der Waals surface area contributed by atoms with E-state index in [0.717, 1.165) is 18.5 Å². The number of β-amino-alcohol motifs (C(OH)–C–C–N with tert-alkyl or cyclic N) is 1. The molecule has 6 heteroatoms. The Hall–Kier alpha value is -0.950. The molecule has 0 aromatic heterocycles. The molecule has 1 aromatic carbocycles. The van der Waals surface area contributed by atoms with Crippen molar-refractivity contribution in [2.24, 2.45) is 5.92 Å². The van der Waals surface area contributed by atoms with Crippen LogP contribution in [0.1, 0.15) is 25.8 Å². The Labute approximate surface area is 133 Å². The predicted molar refractivity (Wildman–Crippen MR) is 87.2 cm³/mol. The molecular weight excluding hydrogens is 300 g/mol. The lowest BCUT2D eigenvalue weighted by molar-refractivity contribution is 0.111. The summed E-state index contributed by atoms with van der Waals surface area (Å²) in [6.07, 6.45) is 0.425. The molecule has 0 aliphatic carbocycles. The van der Waals surface area contributed by atoms with Crippen molar-refractivity contribution in [2.45, 2.75) is 44.2 Å². The third-order valence-electron chi connectivity index (χ3n) is 4.17. The van der Waals surface area contributed by atoms with Gasteiger partial charge in [-0.15, -0.1) is 0 Å². The summed E-state index contributed by atoms with van der Waals surface area (Å²) in [6.45, 7) is 7.69. The van der Waals surface area contributed by atoms with Gasteiger partial charge in [0.2, 0.25) is 10.0 Å². The lowest BCUT2D eigenvalue weighted by Gasteiger charge is -2.24. The number of aryl methyl sites for hydroxylation is 1. The largest absolute Gasteiger partial charge is 0.390 e. The molecule has 0 radical (unpaired) electrons. The van der Waals surface area contributed by atoms with Crippen molar-refractivity contribution >= 4 is 10.0 Å². The second-order valence-electron chi connectivity index (χ2n) is 6.47. The maximum atomic E-state index is 12.2. The molecular formula is C16H26N2O3S. The summed E-state index contributed by atoms with van der Waals surface area (Å²) in [6, 6.07) is 7.19. The maximum Gasteiger partial charge on any atom is 0.240 e. The average molecular weight is 326 g/mol. The minimum Gasteiger partial charge on any atom is -0.390 e. The molecule has 22 heavy (non-hydrogen) atoms. The van der Waals surface area contributed by atoms with E-state index in [-0.39, 0.29) is 11.4 Å². The molecule has 5 nitrogen and oxygen atoms in total. The molecule has 1 heterocycles. The van der Waals surface area contributed by atoms with Crippen LogP contribution in [0.25, 0.3) is 0 Å². The van der Waals surface area contributed by atoms with Crippen molar-refractivity contribution in [1.29, 1.82) is 0 Å². The number of hydrogen-bond acceptors (Lipinski definition) is 4. The van der Waals surface area contributed by atoms with Crippen molar-refractivity contribution in [3.63, 3.8) is 0 Å². The predicted octanol–water partition coefficient (Wildman–Crippen LogP) is 1.36. The lowest BCUT2D eigenvalue weighted by atomic mass is 10.1. The topological polar surface area (TPSA) is 69.6 Å². The fraction of sp³-hybridized carbons (Fsp3) is 0.625. The van der Waals surface area contributed by atoms with Gasteiger partial charge in [-0.25, -0.2) is 13.1 Å². The Morgan fingerprint density at radius 3 is 2.73 bits per heavy atom. The average Bonchev–Trinajstić information content (AvgIpc) is 2.75. The van der Waals surface area contributed by atoms with Crippen molar-refractivity contribution in [3.8, 4) is 0 Å². The number of nitrogens with zero attached hydrogens (tertiary/aromatic N) is 1. The summed E-state index contributed by atoms with van der Waals surface area (Å²) < 4.78 is 26.9. The number of nitrogens with one attached hydrogen (secondary N) is 1. The Morgan fingerprint density at radius 2 is 2.14 bits per heavy atom. The standard InChI is InChI=1S/C16H26N2O3S/c1-12-5-4-6-16(8-12)22(20,21)17-9-15(19)11-18-10-13(2)7-14(18)3/h4-6,8,13-15,17,19H,7,9-11H2,1-3H3. The van der Waals surface area contributed by atoms with Crippen LogP contribution in [-0.4, -0.2) is 50.2 Å². The van der Waals surface area contributed by atoms with Gasteiger partial charge in [-0.2, -0.15) is 0 Å². The molecule has 1 saturated heterocycles. The second kappa shape index (κ2) is 7.08. The zero-order valence-corrected chi connectivity index (χ0v) is 14.3. The number of likely N-dealkylation sites (tertiary alicyclic amines) is 1. The van der Waals surface area contributed by atoms with Gasteiger partial charge in [-0.05, 0) is 43.9 Å². The fourth-order valence-electron chi connectivity index (χ4n) is 3.05. The molecule has 3 unspecified atom stereocenters. The first kappa shape index (κ1) is 17.4. The van der Waals surface area contributed by atoms with Gasteiger partial charge in [0, 0.05) is 25.7 Å². The zero-order chi connectivity index (χ0) is 16.3. The first-order valence-electron chi connectivity index (χ1n) is 7.76. The van der Waals surface area contributed by atoms with Crippen LogP contribution in [0.15, 0.2) is 29.2 Å². The molecule has 2 rings (SSSR count). The first-order chi connectivity index (χ1) is 10.3. The minimum absolute atomic E-state index is 0.0356. The van der Waals surface area contributed by atoms with Gasteiger partial charge in [0.1, 0.15) is 0 Å². The van der Waals surface area contributed by atoms with Gasteiger partial charge < -0.3 is 5.11 Å². The summed E-state index contributed by atoms with van der Waals surface area (Å²) in [4.78, 5) is 2.46. The van der Waals surface area contributed by atoms with Crippen LogP contribution < -0.4 is 4.72 Å². The maximum absolute atomic E-state index is 12.2. The van der Waals surface area contributed by atoms with E-state index in [1.165, 1.54) is 0 Å². The van der Waals surface area contributed by atoms with E-state index in [1.54, 1.807) is 18.2 Å². The third kappa shape index (κ3) is 4.52. The van der Waals surface area contributed by atoms with E-state index in [4.69, 9.17) is 0 Å². The summed E-state index contributed by atoms with van der Waals surface area (Å²) in [5.41, 5.74) is 0.892. The van der Waals surface area contributed by atoms with Crippen LogP contribution >= 0.6 is 0 Å².